The van der Waals surface area contributed by atoms with Crippen LogP contribution in [-0.2, 0) is 16.0 Å². The highest BCUT2D eigenvalue weighted by molar-refractivity contribution is 5.76. The van der Waals surface area contributed by atoms with E-state index in [1.807, 2.05) is 35.2 Å². The average molecular weight is 398 g/mol. The molecule has 2 fully saturated rings. The van der Waals surface area contributed by atoms with E-state index in [1.54, 1.807) is 6.20 Å². The molecule has 156 valence electrons. The maximum absolute atomic E-state index is 12.8. The molecule has 3 heterocycles. The lowest BCUT2D eigenvalue weighted by atomic mass is 9.85. The van der Waals surface area contributed by atoms with Gasteiger partial charge < -0.3 is 14.1 Å². The molecule has 29 heavy (non-hydrogen) atoms. The first-order valence-electron chi connectivity index (χ1n) is 10.7. The van der Waals surface area contributed by atoms with Crippen molar-refractivity contribution in [1.82, 2.24) is 14.8 Å². The summed E-state index contributed by atoms with van der Waals surface area (Å²) in [5.74, 6) is 1.73. The molecule has 1 aromatic heterocycles. The van der Waals surface area contributed by atoms with Gasteiger partial charge in [0.05, 0.1) is 6.20 Å². The maximum atomic E-state index is 12.8. The number of benzene rings is 1. The monoisotopic (exact) mass is 397 g/mol. The summed E-state index contributed by atoms with van der Waals surface area (Å²) in [6.45, 7) is 4.26. The van der Waals surface area contributed by atoms with Gasteiger partial charge in [-0.25, -0.2) is 4.98 Å². The van der Waals surface area contributed by atoms with E-state index < -0.39 is 0 Å². The van der Waals surface area contributed by atoms with Crippen molar-refractivity contribution in [2.75, 3.05) is 39.9 Å². The molecule has 0 aliphatic carbocycles. The van der Waals surface area contributed by atoms with Crippen LogP contribution in [0.1, 0.15) is 38.0 Å². The van der Waals surface area contributed by atoms with Crippen LogP contribution in [0.5, 0.6) is 0 Å². The Labute approximate surface area is 172 Å². The first-order chi connectivity index (χ1) is 14.2. The van der Waals surface area contributed by atoms with Crippen molar-refractivity contribution in [3.63, 3.8) is 0 Å². The van der Waals surface area contributed by atoms with Crippen LogP contribution < -0.4 is 0 Å². The standard InChI is InChI=1S/C23H31N3O3/c1-25-14-15-26(13-10-23(25)11-16-28-17-12-23)22(27)9-5-8-21-24-18-20(29-21)19-6-3-2-4-7-19/h2-4,6-7,18H,5,8-17H2,1H3. The Morgan fingerprint density at radius 3 is 2.69 bits per heavy atom. The topological polar surface area (TPSA) is 58.8 Å². The third-order valence-electron chi connectivity index (χ3n) is 6.53. The fourth-order valence-electron chi connectivity index (χ4n) is 4.50. The lowest BCUT2D eigenvalue weighted by molar-refractivity contribution is -0.131. The zero-order valence-electron chi connectivity index (χ0n) is 17.3. The van der Waals surface area contributed by atoms with Crippen LogP contribution in [0.25, 0.3) is 11.3 Å². The number of oxazole rings is 1. The quantitative estimate of drug-likeness (QED) is 0.774. The summed E-state index contributed by atoms with van der Waals surface area (Å²) in [4.78, 5) is 21.7. The SMILES string of the molecule is CN1CCN(C(=O)CCCc2ncc(-c3ccccc3)o2)CCC12CCOCC2. The Hall–Kier alpha value is -2.18. The minimum absolute atomic E-state index is 0.208. The zero-order valence-corrected chi connectivity index (χ0v) is 17.3. The van der Waals surface area contributed by atoms with Crippen LogP contribution in [0.2, 0.25) is 0 Å². The normalized spacial score (nSPS) is 20.0. The zero-order chi connectivity index (χ0) is 20.1. The number of likely N-dealkylation sites (N-methyl/N-ethyl adjacent to an activating group) is 1. The van der Waals surface area contributed by atoms with Gasteiger partial charge in [0.15, 0.2) is 11.7 Å². The number of aromatic nitrogens is 1. The molecular weight excluding hydrogens is 366 g/mol. The lowest BCUT2D eigenvalue weighted by Crippen LogP contribution is -2.50. The van der Waals surface area contributed by atoms with Crippen molar-refractivity contribution in [2.45, 2.75) is 44.1 Å². The Morgan fingerprint density at radius 1 is 1.10 bits per heavy atom. The van der Waals surface area contributed by atoms with E-state index >= 15 is 0 Å². The van der Waals surface area contributed by atoms with Crippen LogP contribution >= 0.6 is 0 Å². The highest BCUT2D eigenvalue weighted by atomic mass is 16.5. The molecule has 0 N–H and O–H groups in total. The average Bonchev–Trinajstić information content (AvgIpc) is 3.17. The van der Waals surface area contributed by atoms with Crippen molar-refractivity contribution in [3.05, 3.63) is 42.4 Å². The molecule has 0 atom stereocenters. The highest BCUT2D eigenvalue weighted by Gasteiger charge is 2.38. The molecule has 1 aromatic carbocycles. The van der Waals surface area contributed by atoms with E-state index in [0.717, 1.165) is 69.9 Å². The molecule has 2 aromatic rings. The summed E-state index contributed by atoms with van der Waals surface area (Å²) in [5.41, 5.74) is 1.23. The first kappa shape index (κ1) is 20.1. The summed E-state index contributed by atoms with van der Waals surface area (Å²) in [5, 5.41) is 0. The summed E-state index contributed by atoms with van der Waals surface area (Å²) in [6.07, 6.45) is 6.94. The molecule has 0 saturated carbocycles. The minimum atomic E-state index is 0.208. The van der Waals surface area contributed by atoms with Crippen LogP contribution in [0.4, 0.5) is 0 Å². The van der Waals surface area contributed by atoms with E-state index in [1.165, 1.54) is 0 Å². The number of carbonyl (C=O) groups is 1. The molecule has 2 aliphatic rings. The van der Waals surface area contributed by atoms with Gasteiger partial charge in [0.25, 0.3) is 0 Å². The van der Waals surface area contributed by atoms with Gasteiger partial charge in [-0.05, 0) is 32.7 Å². The number of amides is 1. The second-order valence-corrected chi connectivity index (χ2v) is 8.23. The molecule has 0 unspecified atom stereocenters. The van der Waals surface area contributed by atoms with Gasteiger partial charge in [-0.15, -0.1) is 0 Å². The number of hydrogen-bond donors (Lipinski definition) is 0. The van der Waals surface area contributed by atoms with E-state index in [-0.39, 0.29) is 11.4 Å². The van der Waals surface area contributed by atoms with Crippen LogP contribution in [0.3, 0.4) is 0 Å². The molecule has 1 spiro atoms. The van der Waals surface area contributed by atoms with Crippen molar-refractivity contribution < 1.29 is 13.9 Å². The molecule has 6 heteroatoms. The van der Waals surface area contributed by atoms with E-state index in [2.05, 4.69) is 16.9 Å². The number of carbonyl (C=O) groups excluding carboxylic acids is 1. The third-order valence-corrected chi connectivity index (χ3v) is 6.53. The van der Waals surface area contributed by atoms with Gasteiger partial charge in [-0.1, -0.05) is 30.3 Å². The number of nitrogens with zero attached hydrogens (tertiary/aromatic N) is 3. The number of aryl methyl sites for hydroxylation is 1. The van der Waals surface area contributed by atoms with Crippen LogP contribution in [0.15, 0.2) is 40.9 Å². The van der Waals surface area contributed by atoms with Gasteiger partial charge in [0.2, 0.25) is 5.91 Å². The minimum Gasteiger partial charge on any atom is -0.441 e. The van der Waals surface area contributed by atoms with Crippen molar-refractivity contribution >= 4 is 5.91 Å². The van der Waals surface area contributed by atoms with Gasteiger partial charge in [0.1, 0.15) is 0 Å². The Kier molecular flexibility index (Phi) is 6.31. The van der Waals surface area contributed by atoms with Gasteiger partial charge in [-0.2, -0.15) is 0 Å². The van der Waals surface area contributed by atoms with E-state index in [9.17, 15) is 4.79 Å². The third kappa shape index (κ3) is 4.70. The predicted octanol–water partition coefficient (Wildman–Crippen LogP) is 3.38. The largest absolute Gasteiger partial charge is 0.441 e. The van der Waals surface area contributed by atoms with Crippen LogP contribution in [-0.4, -0.2) is 66.1 Å². The smallest absolute Gasteiger partial charge is 0.222 e. The summed E-state index contributed by atoms with van der Waals surface area (Å²) in [6, 6.07) is 9.97. The van der Waals surface area contributed by atoms with Crippen molar-refractivity contribution in [1.29, 1.82) is 0 Å². The fraction of sp³-hybridized carbons (Fsp3) is 0.565. The lowest BCUT2D eigenvalue weighted by Gasteiger charge is -2.43. The molecule has 2 saturated heterocycles. The van der Waals surface area contributed by atoms with Gasteiger partial charge in [0, 0.05) is 56.8 Å². The summed E-state index contributed by atoms with van der Waals surface area (Å²) < 4.78 is 11.4. The molecule has 6 nitrogen and oxygen atoms in total. The second-order valence-electron chi connectivity index (χ2n) is 8.23. The molecule has 0 radical (unpaired) electrons. The van der Waals surface area contributed by atoms with Crippen molar-refractivity contribution in [2.24, 2.45) is 0 Å². The molecule has 4 rings (SSSR count). The van der Waals surface area contributed by atoms with Crippen molar-refractivity contribution in [3.8, 4) is 11.3 Å². The van der Waals surface area contributed by atoms with Crippen LogP contribution in [0, 0.1) is 0 Å². The highest BCUT2D eigenvalue weighted by Crippen LogP contribution is 2.32. The summed E-state index contributed by atoms with van der Waals surface area (Å²) in [7, 11) is 2.20. The predicted molar refractivity (Wildman–Crippen MR) is 111 cm³/mol. The number of ether oxygens (including phenoxy) is 1. The van der Waals surface area contributed by atoms with E-state index in [4.69, 9.17) is 9.15 Å². The van der Waals surface area contributed by atoms with E-state index in [0.29, 0.717) is 18.7 Å². The molecule has 0 bridgehead atoms. The molecular formula is C23H31N3O3. The number of hydrogen-bond acceptors (Lipinski definition) is 5. The fourth-order valence-corrected chi connectivity index (χ4v) is 4.50. The first-order valence-corrected chi connectivity index (χ1v) is 10.7. The summed E-state index contributed by atoms with van der Waals surface area (Å²) >= 11 is 0. The Bertz CT molecular complexity index is 799. The number of rotatable bonds is 5. The Morgan fingerprint density at radius 2 is 1.90 bits per heavy atom. The molecule has 2 aliphatic heterocycles. The molecule has 1 amide bonds. The van der Waals surface area contributed by atoms with Gasteiger partial charge in [-0.3, -0.25) is 9.69 Å². The second kappa shape index (κ2) is 9.09. The Balaban J connectivity index is 1.26. The maximum Gasteiger partial charge on any atom is 0.222 e. The van der Waals surface area contributed by atoms with Gasteiger partial charge >= 0.3 is 0 Å².